The lowest BCUT2D eigenvalue weighted by atomic mass is 9.95. The molecule has 3 aliphatic heterocycles. The van der Waals surface area contributed by atoms with E-state index in [1.807, 2.05) is 36.1 Å². The summed E-state index contributed by atoms with van der Waals surface area (Å²) in [6.07, 6.45) is -4.42. The van der Waals surface area contributed by atoms with Crippen molar-refractivity contribution in [2.75, 3.05) is 51.2 Å². The maximum Gasteiger partial charge on any atom is 0.416 e. The summed E-state index contributed by atoms with van der Waals surface area (Å²) in [7, 11) is 1.60. The number of anilines is 1. The second-order valence-electron chi connectivity index (χ2n) is 9.79. The van der Waals surface area contributed by atoms with Crippen LogP contribution in [0.5, 0.6) is 0 Å². The molecule has 0 radical (unpaired) electrons. The molecule has 1 atom stereocenters. The van der Waals surface area contributed by atoms with E-state index in [1.54, 1.807) is 18.0 Å². The van der Waals surface area contributed by atoms with Crippen LogP contribution in [0.2, 0.25) is 0 Å². The van der Waals surface area contributed by atoms with Gasteiger partial charge in [-0.25, -0.2) is 4.79 Å². The molecular weight excluding hydrogens is 499 g/mol. The minimum absolute atomic E-state index is 0.141. The summed E-state index contributed by atoms with van der Waals surface area (Å²) in [5.41, 5.74) is 2.63. The van der Waals surface area contributed by atoms with Crippen molar-refractivity contribution < 1.29 is 27.6 Å². The van der Waals surface area contributed by atoms with Crippen LogP contribution in [0, 0.1) is 6.92 Å². The second-order valence-corrected chi connectivity index (χ2v) is 9.79. The molecule has 3 aliphatic rings. The zero-order valence-electron chi connectivity index (χ0n) is 21.1. The fourth-order valence-electron chi connectivity index (χ4n) is 5.12. The summed E-state index contributed by atoms with van der Waals surface area (Å²) in [4.78, 5) is 45.5. The average molecular weight is 528 g/mol. The van der Waals surface area contributed by atoms with Crippen LogP contribution in [0.3, 0.4) is 0 Å². The number of rotatable bonds is 4. The number of piperazine rings is 1. The molecule has 200 valence electrons. The van der Waals surface area contributed by atoms with Gasteiger partial charge in [0.2, 0.25) is 5.91 Å². The molecule has 1 N–H and O–H groups in total. The molecule has 2 aromatic rings. The molecule has 0 spiro atoms. The number of hydrogen-bond acceptors (Lipinski definition) is 4. The molecule has 2 aromatic carbocycles. The van der Waals surface area contributed by atoms with Gasteiger partial charge >= 0.3 is 12.2 Å². The summed E-state index contributed by atoms with van der Waals surface area (Å²) in [5.74, 6) is -0.538. The fourth-order valence-corrected chi connectivity index (χ4v) is 5.12. The van der Waals surface area contributed by atoms with Gasteiger partial charge in [-0.15, -0.1) is 0 Å². The van der Waals surface area contributed by atoms with Gasteiger partial charge in [-0.1, -0.05) is 35.9 Å². The minimum Gasteiger partial charge on any atom is -0.368 e. The molecule has 5 rings (SSSR count). The van der Waals surface area contributed by atoms with E-state index in [1.165, 1.54) is 15.9 Å². The van der Waals surface area contributed by atoms with Crippen molar-refractivity contribution >= 4 is 23.5 Å². The van der Waals surface area contributed by atoms with Gasteiger partial charge in [0.05, 0.1) is 29.4 Å². The van der Waals surface area contributed by atoms with Gasteiger partial charge < -0.3 is 20.0 Å². The van der Waals surface area contributed by atoms with Crippen LogP contribution in [0.4, 0.5) is 23.7 Å². The van der Waals surface area contributed by atoms with Gasteiger partial charge in [0.25, 0.3) is 5.91 Å². The van der Waals surface area contributed by atoms with Crippen LogP contribution in [-0.2, 0) is 15.8 Å². The van der Waals surface area contributed by atoms with Gasteiger partial charge in [-0.3, -0.25) is 14.5 Å². The monoisotopic (exact) mass is 527 g/mol. The molecule has 0 bridgehead atoms. The number of alkyl halides is 3. The first-order chi connectivity index (χ1) is 18.0. The standard InChI is InChI=1S/C27H28F3N5O3/c1-17-6-8-18(9-7-17)24-23-21(32(2)26(38)31-24)15-35(25(23)37)16-22(36)34-12-10-33(11-13-34)20-5-3-4-19(14-20)27(28,29)30/h3-9,14,24H,10-13,15-16H2,1-2H3,(H,31,38). The van der Waals surface area contributed by atoms with Gasteiger partial charge in [-0.05, 0) is 30.7 Å². The first-order valence-corrected chi connectivity index (χ1v) is 12.4. The molecule has 3 heterocycles. The first kappa shape index (κ1) is 25.6. The lowest BCUT2D eigenvalue weighted by Crippen LogP contribution is -2.51. The Bertz CT molecular complexity index is 1300. The normalized spacial score (nSPS) is 20.2. The number of carbonyl (C=O) groups is 3. The molecule has 1 fully saturated rings. The molecule has 0 aliphatic carbocycles. The number of urea groups is 1. The lowest BCUT2D eigenvalue weighted by Gasteiger charge is -2.37. The summed E-state index contributed by atoms with van der Waals surface area (Å²) < 4.78 is 39.3. The summed E-state index contributed by atoms with van der Waals surface area (Å²) in [5, 5.41) is 2.88. The Balaban J connectivity index is 1.24. The van der Waals surface area contributed by atoms with E-state index in [2.05, 4.69) is 5.32 Å². The van der Waals surface area contributed by atoms with Crippen molar-refractivity contribution in [3.8, 4) is 0 Å². The highest BCUT2D eigenvalue weighted by molar-refractivity contribution is 6.03. The smallest absolute Gasteiger partial charge is 0.368 e. The van der Waals surface area contributed by atoms with E-state index < -0.39 is 17.8 Å². The molecule has 4 amide bonds. The number of nitrogens with one attached hydrogen (secondary N) is 1. The molecule has 1 saturated heterocycles. The topological polar surface area (TPSA) is 76.2 Å². The third-order valence-electron chi connectivity index (χ3n) is 7.34. The van der Waals surface area contributed by atoms with Gasteiger partial charge in [0.15, 0.2) is 0 Å². The van der Waals surface area contributed by atoms with E-state index in [9.17, 15) is 27.6 Å². The zero-order valence-corrected chi connectivity index (χ0v) is 21.1. The zero-order chi connectivity index (χ0) is 27.2. The van der Waals surface area contributed by atoms with Crippen LogP contribution in [0.25, 0.3) is 0 Å². The fraction of sp³-hybridized carbons (Fsp3) is 0.370. The number of amides is 4. The van der Waals surface area contributed by atoms with Gasteiger partial charge in [0.1, 0.15) is 6.54 Å². The highest BCUT2D eigenvalue weighted by atomic mass is 19.4. The van der Waals surface area contributed by atoms with Crippen molar-refractivity contribution in [3.63, 3.8) is 0 Å². The van der Waals surface area contributed by atoms with E-state index in [0.29, 0.717) is 43.1 Å². The van der Waals surface area contributed by atoms with E-state index in [4.69, 9.17) is 0 Å². The predicted octanol–water partition coefficient (Wildman–Crippen LogP) is 3.16. The second kappa shape index (κ2) is 9.70. The number of nitrogens with zero attached hydrogens (tertiary/aromatic N) is 4. The van der Waals surface area contributed by atoms with Crippen molar-refractivity contribution in [3.05, 3.63) is 76.5 Å². The Kier molecular flexibility index (Phi) is 6.54. The molecule has 1 unspecified atom stereocenters. The number of carbonyl (C=O) groups excluding carboxylic acids is 3. The third kappa shape index (κ3) is 4.80. The van der Waals surface area contributed by atoms with Crippen molar-refractivity contribution in [2.45, 2.75) is 19.1 Å². The van der Waals surface area contributed by atoms with E-state index >= 15 is 0 Å². The van der Waals surface area contributed by atoms with E-state index in [-0.39, 0.29) is 30.9 Å². The maximum atomic E-state index is 13.4. The SMILES string of the molecule is Cc1ccc(C2NC(=O)N(C)C3=C2C(=O)N(CC(=O)N2CCN(c4cccc(C(F)(F)F)c4)CC2)C3)cc1. The Morgan fingerprint density at radius 2 is 1.71 bits per heavy atom. The van der Waals surface area contributed by atoms with Crippen molar-refractivity contribution in [2.24, 2.45) is 0 Å². The van der Waals surface area contributed by atoms with Crippen LogP contribution in [0.15, 0.2) is 59.8 Å². The number of likely N-dealkylation sites (N-methyl/N-ethyl adjacent to an activating group) is 1. The minimum atomic E-state index is -4.42. The number of hydrogen-bond donors (Lipinski definition) is 1. The van der Waals surface area contributed by atoms with E-state index in [0.717, 1.165) is 23.3 Å². The number of halogens is 3. The quantitative estimate of drug-likeness (QED) is 0.663. The Morgan fingerprint density at radius 1 is 1.03 bits per heavy atom. The largest absolute Gasteiger partial charge is 0.416 e. The summed E-state index contributed by atoms with van der Waals surface area (Å²) in [6.45, 7) is 3.38. The van der Waals surface area contributed by atoms with Crippen molar-refractivity contribution in [1.82, 2.24) is 20.0 Å². The average Bonchev–Trinajstić information content (AvgIpc) is 3.22. The molecule has 11 heteroatoms. The summed E-state index contributed by atoms with van der Waals surface area (Å²) in [6, 6.07) is 11.8. The maximum absolute atomic E-state index is 13.4. The molecular formula is C27H28F3N5O3. The highest BCUT2D eigenvalue weighted by Crippen LogP contribution is 2.36. The molecule has 0 saturated carbocycles. The highest BCUT2D eigenvalue weighted by Gasteiger charge is 2.43. The number of benzene rings is 2. The molecule has 0 aromatic heterocycles. The van der Waals surface area contributed by atoms with Crippen LogP contribution >= 0.6 is 0 Å². The summed E-state index contributed by atoms with van der Waals surface area (Å²) >= 11 is 0. The number of aryl methyl sites for hydroxylation is 1. The van der Waals surface area contributed by atoms with Crippen LogP contribution < -0.4 is 10.2 Å². The first-order valence-electron chi connectivity index (χ1n) is 12.4. The van der Waals surface area contributed by atoms with Crippen LogP contribution in [-0.4, -0.2) is 78.9 Å². The van der Waals surface area contributed by atoms with Crippen molar-refractivity contribution in [1.29, 1.82) is 0 Å². The molecule has 38 heavy (non-hydrogen) atoms. The third-order valence-corrected chi connectivity index (χ3v) is 7.34. The Labute approximate surface area is 218 Å². The Morgan fingerprint density at radius 3 is 2.37 bits per heavy atom. The van der Waals surface area contributed by atoms with Gasteiger partial charge in [0, 0.05) is 38.9 Å². The van der Waals surface area contributed by atoms with Crippen LogP contribution in [0.1, 0.15) is 22.7 Å². The Hall–Kier alpha value is -4.02. The predicted molar refractivity (Wildman–Crippen MR) is 134 cm³/mol. The van der Waals surface area contributed by atoms with Gasteiger partial charge in [-0.2, -0.15) is 13.2 Å². The molecule has 8 nitrogen and oxygen atoms in total. The lowest BCUT2D eigenvalue weighted by molar-refractivity contribution is -0.137.